The van der Waals surface area contributed by atoms with Crippen molar-refractivity contribution in [2.24, 2.45) is 0 Å². The average molecular weight is 682 g/mol. The van der Waals surface area contributed by atoms with Gasteiger partial charge in [-0.05, 0) is 90.0 Å². The molecule has 52 heavy (non-hydrogen) atoms. The topological polar surface area (TPSA) is 22.0 Å². The highest BCUT2D eigenvalue weighted by atomic mass is 32.1. The zero-order chi connectivity index (χ0) is 34.9. The molecule has 0 saturated carbocycles. The lowest BCUT2D eigenvalue weighted by atomic mass is 9.96. The Labute approximate surface area is 303 Å². The SMILES string of the molecule is C=C/C=c1\c(=C)c2ccccc2c2cc(-n3c(=O)c4ccccc4c4cc(-c5cccc6c5sc5c(-c7ccccc7)cccc56)ccc43)ccc12. The number of aromatic nitrogens is 1. The number of thiophene rings is 1. The second kappa shape index (κ2) is 11.8. The molecule has 8 aromatic carbocycles. The van der Waals surface area contributed by atoms with Gasteiger partial charge in [0.2, 0.25) is 0 Å². The minimum absolute atomic E-state index is 0.0359. The first-order valence-corrected chi connectivity index (χ1v) is 18.3. The van der Waals surface area contributed by atoms with E-state index in [1.165, 1.54) is 36.9 Å². The Hall–Kier alpha value is -6.55. The van der Waals surface area contributed by atoms with Crippen LogP contribution >= 0.6 is 11.3 Å². The summed E-state index contributed by atoms with van der Waals surface area (Å²) in [5.41, 5.74) is 6.45. The molecule has 0 aliphatic carbocycles. The smallest absolute Gasteiger partial charge is 0.263 e. The fraction of sp³-hybridized carbons (Fsp3) is 0. The molecule has 10 aromatic rings. The van der Waals surface area contributed by atoms with E-state index in [0.29, 0.717) is 5.39 Å². The maximum absolute atomic E-state index is 14.5. The van der Waals surface area contributed by atoms with Gasteiger partial charge in [-0.15, -0.1) is 11.3 Å². The summed E-state index contributed by atoms with van der Waals surface area (Å²) in [6.07, 6.45) is 3.84. The molecule has 2 aromatic heterocycles. The molecule has 3 heteroatoms. The summed E-state index contributed by atoms with van der Waals surface area (Å²) >= 11 is 1.86. The Kier molecular flexibility index (Phi) is 6.85. The molecule has 0 atom stereocenters. The van der Waals surface area contributed by atoms with Gasteiger partial charge in [-0.2, -0.15) is 0 Å². The minimum atomic E-state index is -0.0359. The molecule has 0 radical (unpaired) electrons. The van der Waals surface area contributed by atoms with Crippen molar-refractivity contribution in [3.05, 3.63) is 185 Å². The third kappa shape index (κ3) is 4.46. The van der Waals surface area contributed by atoms with Crippen molar-refractivity contribution >= 4 is 87.4 Å². The van der Waals surface area contributed by atoms with E-state index in [4.69, 9.17) is 0 Å². The first kappa shape index (κ1) is 30.3. The van der Waals surface area contributed by atoms with Crippen LogP contribution in [0.3, 0.4) is 0 Å². The molecule has 2 nitrogen and oxygen atoms in total. The van der Waals surface area contributed by atoms with Gasteiger partial charge in [0.15, 0.2) is 0 Å². The predicted molar refractivity (Wildman–Crippen MR) is 225 cm³/mol. The van der Waals surface area contributed by atoms with Crippen molar-refractivity contribution in [1.82, 2.24) is 4.57 Å². The molecule has 0 saturated heterocycles. The van der Waals surface area contributed by atoms with Crippen LogP contribution in [0.25, 0.3) is 104 Å². The number of hydrogen-bond donors (Lipinski definition) is 0. The largest absolute Gasteiger partial charge is 0.276 e. The van der Waals surface area contributed by atoms with Crippen molar-refractivity contribution in [2.45, 2.75) is 0 Å². The molecule has 10 rings (SSSR count). The molecule has 0 aliphatic heterocycles. The van der Waals surface area contributed by atoms with Crippen LogP contribution < -0.4 is 16.0 Å². The summed E-state index contributed by atoms with van der Waals surface area (Å²) in [5.74, 6) is 0. The standard InChI is InChI=1S/C49H31NOS/c1-3-13-34-30(2)35-16-7-8-17-38(35)44-29-33(25-26-40(34)44)50-46-27-24-32(28-45(46)39-18-9-10-19-43(39)49(50)51)37-21-12-23-42-41-22-11-20-36(47(41)52-48(37)42)31-14-5-4-6-15-31/h3-29H,1-2H2/b34-13+. The van der Waals surface area contributed by atoms with Crippen molar-refractivity contribution < 1.29 is 0 Å². The van der Waals surface area contributed by atoms with Crippen LogP contribution in [0.5, 0.6) is 0 Å². The van der Waals surface area contributed by atoms with Gasteiger partial charge in [0.1, 0.15) is 0 Å². The van der Waals surface area contributed by atoms with Crippen LogP contribution in [0, 0.1) is 0 Å². The molecular weight excluding hydrogens is 651 g/mol. The Bertz CT molecular complexity index is 3300. The maximum atomic E-state index is 14.5. The Morgan fingerprint density at radius 1 is 0.500 bits per heavy atom. The molecule has 0 bridgehead atoms. The normalized spacial score (nSPS) is 12.2. The highest BCUT2D eigenvalue weighted by molar-refractivity contribution is 7.26. The third-order valence-corrected chi connectivity index (χ3v) is 11.8. The van der Waals surface area contributed by atoms with Crippen LogP contribution in [-0.4, -0.2) is 4.57 Å². The van der Waals surface area contributed by atoms with E-state index >= 15 is 0 Å². The molecule has 0 unspecified atom stereocenters. The van der Waals surface area contributed by atoms with E-state index in [0.717, 1.165) is 59.5 Å². The van der Waals surface area contributed by atoms with E-state index in [1.807, 2.05) is 52.3 Å². The number of allylic oxidation sites excluding steroid dienone is 1. The number of fused-ring (bicyclic) bond motifs is 9. The molecule has 244 valence electrons. The number of nitrogens with zero attached hydrogens (tertiary/aromatic N) is 1. The van der Waals surface area contributed by atoms with Crippen molar-refractivity contribution in [2.75, 3.05) is 0 Å². The number of rotatable bonds is 4. The first-order chi connectivity index (χ1) is 25.6. The van der Waals surface area contributed by atoms with Gasteiger partial charge >= 0.3 is 0 Å². The zero-order valence-electron chi connectivity index (χ0n) is 28.3. The lowest BCUT2D eigenvalue weighted by molar-refractivity contribution is 1.06. The molecular formula is C49H31NOS. The summed E-state index contributed by atoms with van der Waals surface area (Å²) in [6.45, 7) is 8.40. The second-order valence-electron chi connectivity index (χ2n) is 13.3. The summed E-state index contributed by atoms with van der Waals surface area (Å²) in [5, 5.41) is 11.6. The molecule has 0 fully saturated rings. The Morgan fingerprint density at radius 3 is 1.83 bits per heavy atom. The van der Waals surface area contributed by atoms with Crippen LogP contribution in [0.1, 0.15) is 0 Å². The number of pyridine rings is 1. The first-order valence-electron chi connectivity index (χ1n) is 17.4. The predicted octanol–water partition coefficient (Wildman–Crippen LogP) is 11.5. The van der Waals surface area contributed by atoms with E-state index in [2.05, 4.69) is 141 Å². The fourth-order valence-electron chi connectivity index (χ4n) is 8.12. The van der Waals surface area contributed by atoms with Gasteiger partial charge in [0.25, 0.3) is 5.56 Å². The van der Waals surface area contributed by atoms with E-state index in [9.17, 15) is 4.79 Å². The highest BCUT2D eigenvalue weighted by Crippen LogP contribution is 2.44. The molecule has 0 N–H and O–H groups in total. The van der Waals surface area contributed by atoms with Gasteiger partial charge < -0.3 is 0 Å². The molecule has 0 amide bonds. The zero-order valence-corrected chi connectivity index (χ0v) is 29.1. The number of benzene rings is 8. The van der Waals surface area contributed by atoms with Crippen LogP contribution in [0.15, 0.2) is 169 Å². The Morgan fingerprint density at radius 2 is 1.12 bits per heavy atom. The third-order valence-electron chi connectivity index (χ3n) is 10.5. The summed E-state index contributed by atoms with van der Waals surface area (Å²) in [6, 6.07) is 53.1. The maximum Gasteiger partial charge on any atom is 0.263 e. The minimum Gasteiger partial charge on any atom is -0.276 e. The average Bonchev–Trinajstić information content (AvgIpc) is 3.59. The lowest BCUT2D eigenvalue weighted by Gasteiger charge is -2.16. The van der Waals surface area contributed by atoms with Gasteiger partial charge in [-0.1, -0.05) is 147 Å². The summed E-state index contributed by atoms with van der Waals surface area (Å²) in [7, 11) is 0. The van der Waals surface area contributed by atoms with Crippen LogP contribution in [0.2, 0.25) is 0 Å². The van der Waals surface area contributed by atoms with Gasteiger partial charge in [0.05, 0.1) is 5.52 Å². The van der Waals surface area contributed by atoms with E-state index in [-0.39, 0.29) is 5.56 Å². The van der Waals surface area contributed by atoms with Gasteiger partial charge in [-0.25, -0.2) is 0 Å². The van der Waals surface area contributed by atoms with Gasteiger partial charge in [0, 0.05) is 36.6 Å². The number of hydrogen-bond acceptors (Lipinski definition) is 2. The second-order valence-corrected chi connectivity index (χ2v) is 14.3. The summed E-state index contributed by atoms with van der Waals surface area (Å²) < 4.78 is 4.44. The monoisotopic (exact) mass is 681 g/mol. The van der Waals surface area contributed by atoms with Crippen molar-refractivity contribution in [3.8, 4) is 27.9 Å². The van der Waals surface area contributed by atoms with Crippen LogP contribution in [0.4, 0.5) is 0 Å². The molecule has 2 heterocycles. The highest BCUT2D eigenvalue weighted by Gasteiger charge is 2.17. The fourth-order valence-corrected chi connectivity index (χ4v) is 9.50. The van der Waals surface area contributed by atoms with E-state index in [1.54, 1.807) is 0 Å². The quantitative estimate of drug-likeness (QED) is 0.170. The van der Waals surface area contributed by atoms with Crippen molar-refractivity contribution in [3.63, 3.8) is 0 Å². The molecule has 0 spiro atoms. The lowest BCUT2D eigenvalue weighted by Crippen LogP contribution is -2.25. The summed E-state index contributed by atoms with van der Waals surface area (Å²) in [4.78, 5) is 14.5. The molecule has 0 aliphatic rings. The van der Waals surface area contributed by atoms with Gasteiger partial charge in [-0.3, -0.25) is 9.36 Å². The van der Waals surface area contributed by atoms with Crippen LogP contribution in [-0.2, 0) is 0 Å². The Balaban J connectivity index is 1.24. The van der Waals surface area contributed by atoms with E-state index < -0.39 is 0 Å². The van der Waals surface area contributed by atoms with Crippen molar-refractivity contribution in [1.29, 1.82) is 0 Å².